The van der Waals surface area contributed by atoms with Crippen LogP contribution in [0.2, 0.25) is 0 Å². The number of H-pyrrole nitrogens is 1. The number of nitrogens with one attached hydrogen (secondary N) is 1. The molecular weight excluding hydrogens is 412 g/mol. The molecule has 192 valence electrons. The Hall–Kier alpha value is -1.57. The van der Waals surface area contributed by atoms with Crippen molar-refractivity contribution in [3.63, 3.8) is 0 Å². The van der Waals surface area contributed by atoms with Crippen LogP contribution >= 0.6 is 0 Å². The second kappa shape index (κ2) is 19.7. The smallest absolute Gasteiger partial charge is 0.241 e. The van der Waals surface area contributed by atoms with Gasteiger partial charge in [0.15, 0.2) is 0 Å². The van der Waals surface area contributed by atoms with E-state index in [1.807, 2.05) is 6.20 Å². The molecular formula is C32H55N2+. The van der Waals surface area contributed by atoms with Gasteiger partial charge in [-0.05, 0) is 25.3 Å². The number of imidazole rings is 1. The summed E-state index contributed by atoms with van der Waals surface area (Å²) in [6, 6.07) is 11.6. The third-order valence-corrected chi connectivity index (χ3v) is 7.74. The van der Waals surface area contributed by atoms with E-state index in [4.69, 9.17) is 0 Å². The van der Waals surface area contributed by atoms with Crippen molar-refractivity contribution in [1.29, 1.82) is 0 Å². The Morgan fingerprint density at radius 2 is 1.18 bits per heavy atom. The summed E-state index contributed by atoms with van der Waals surface area (Å²) in [6.45, 7) is 4.68. The van der Waals surface area contributed by atoms with Gasteiger partial charge in [-0.3, -0.25) is 4.98 Å². The molecule has 0 bridgehead atoms. The van der Waals surface area contributed by atoms with Crippen LogP contribution in [0.15, 0.2) is 49.1 Å². The topological polar surface area (TPSA) is 19.7 Å². The van der Waals surface area contributed by atoms with E-state index in [1.54, 1.807) is 0 Å². The fourth-order valence-corrected chi connectivity index (χ4v) is 5.36. The molecule has 0 radical (unpaired) electrons. The summed E-state index contributed by atoms with van der Waals surface area (Å²) >= 11 is 0. The molecule has 2 rings (SSSR count). The van der Waals surface area contributed by atoms with Gasteiger partial charge in [0.1, 0.15) is 18.4 Å². The zero-order valence-corrected chi connectivity index (χ0v) is 22.7. The molecule has 2 unspecified atom stereocenters. The van der Waals surface area contributed by atoms with E-state index in [9.17, 15) is 0 Å². The van der Waals surface area contributed by atoms with Crippen molar-refractivity contribution < 1.29 is 4.57 Å². The zero-order chi connectivity index (χ0) is 24.1. The van der Waals surface area contributed by atoms with Gasteiger partial charge in [0.25, 0.3) is 0 Å². The summed E-state index contributed by atoms with van der Waals surface area (Å²) in [6.07, 6.45) is 33.3. The minimum Gasteiger partial charge on any atom is -0.250 e. The van der Waals surface area contributed by atoms with Crippen LogP contribution in [-0.2, 0) is 6.42 Å². The van der Waals surface area contributed by atoms with Crippen LogP contribution in [0.5, 0.6) is 0 Å². The maximum atomic E-state index is 3.22. The lowest BCUT2D eigenvalue weighted by molar-refractivity contribution is -0.725. The number of nitrogens with zero attached hydrogens (tertiary/aromatic N) is 1. The summed E-state index contributed by atoms with van der Waals surface area (Å²) in [5.74, 6) is 0.694. The van der Waals surface area contributed by atoms with E-state index in [1.165, 1.54) is 128 Å². The minimum atomic E-state index is 0.535. The predicted molar refractivity (Wildman–Crippen MR) is 148 cm³/mol. The molecule has 34 heavy (non-hydrogen) atoms. The van der Waals surface area contributed by atoms with Crippen LogP contribution < -0.4 is 4.57 Å². The van der Waals surface area contributed by atoms with Crippen molar-refractivity contribution in [3.8, 4) is 0 Å². The van der Waals surface area contributed by atoms with Gasteiger partial charge in [-0.2, -0.15) is 0 Å². The molecule has 0 saturated carbocycles. The molecule has 2 nitrogen and oxygen atoms in total. The normalized spacial score (nSPS) is 13.2. The Labute approximate surface area is 212 Å². The number of aromatic amines is 1. The van der Waals surface area contributed by atoms with Gasteiger partial charge >= 0.3 is 0 Å². The maximum Gasteiger partial charge on any atom is 0.241 e. The van der Waals surface area contributed by atoms with Gasteiger partial charge in [-0.25, -0.2) is 4.57 Å². The highest BCUT2D eigenvalue weighted by Gasteiger charge is 2.22. The number of benzene rings is 1. The summed E-state index contributed by atoms with van der Waals surface area (Å²) < 4.78 is 2.35. The molecule has 0 spiro atoms. The number of rotatable bonds is 22. The van der Waals surface area contributed by atoms with Crippen molar-refractivity contribution in [2.75, 3.05) is 0 Å². The first kappa shape index (κ1) is 28.7. The van der Waals surface area contributed by atoms with Crippen molar-refractivity contribution >= 4 is 0 Å². The summed E-state index contributed by atoms with van der Waals surface area (Å²) in [4.78, 5) is 3.22. The van der Waals surface area contributed by atoms with E-state index in [-0.39, 0.29) is 0 Å². The first-order chi connectivity index (χ1) is 16.8. The lowest BCUT2D eigenvalue weighted by atomic mass is 9.88. The quantitative estimate of drug-likeness (QED) is 0.131. The van der Waals surface area contributed by atoms with Gasteiger partial charge < -0.3 is 0 Å². The molecule has 0 aliphatic heterocycles. The molecule has 2 heteroatoms. The van der Waals surface area contributed by atoms with Crippen LogP contribution in [0.25, 0.3) is 0 Å². The summed E-state index contributed by atoms with van der Waals surface area (Å²) in [5.41, 5.74) is 1.47. The molecule has 2 aromatic rings. The van der Waals surface area contributed by atoms with Crippen LogP contribution in [0, 0.1) is 5.92 Å². The van der Waals surface area contributed by atoms with Gasteiger partial charge in [0.05, 0.1) is 0 Å². The molecule has 0 aliphatic rings. The van der Waals surface area contributed by atoms with E-state index in [2.05, 4.69) is 66.3 Å². The van der Waals surface area contributed by atoms with Gasteiger partial charge in [-0.15, -0.1) is 0 Å². The Bertz CT molecular complexity index is 664. The Morgan fingerprint density at radius 1 is 0.676 bits per heavy atom. The molecule has 1 N–H and O–H groups in total. The van der Waals surface area contributed by atoms with Gasteiger partial charge in [0, 0.05) is 5.92 Å². The Balaban J connectivity index is 1.46. The van der Waals surface area contributed by atoms with Crippen molar-refractivity contribution in [2.24, 2.45) is 5.92 Å². The Morgan fingerprint density at radius 3 is 1.65 bits per heavy atom. The number of aromatic nitrogens is 2. The highest BCUT2D eigenvalue weighted by atomic mass is 15.0. The third kappa shape index (κ3) is 13.4. The van der Waals surface area contributed by atoms with E-state index in [0.717, 1.165) is 0 Å². The first-order valence-electron chi connectivity index (χ1n) is 14.9. The average molecular weight is 468 g/mol. The zero-order valence-electron chi connectivity index (χ0n) is 22.7. The highest BCUT2D eigenvalue weighted by molar-refractivity contribution is 5.15. The van der Waals surface area contributed by atoms with Gasteiger partial charge in [-0.1, -0.05) is 146 Å². The molecule has 0 amide bonds. The maximum absolute atomic E-state index is 3.22. The van der Waals surface area contributed by atoms with E-state index >= 15 is 0 Å². The Kier molecular flexibility index (Phi) is 16.6. The standard InChI is InChI=1S/C32H54N2/c1-3-4-5-6-7-8-9-10-11-12-13-14-15-16-17-18-22-25-32(28-31-23-20-19-21-24-31)30(2)34-27-26-33-29-34/h19-21,23-24,26-27,29-30,32H,3-18,22,25,28H2,1-2H3/p+1. The molecule has 0 fully saturated rings. The number of unbranched alkanes of at least 4 members (excludes halogenated alkanes) is 16. The van der Waals surface area contributed by atoms with Crippen LogP contribution in [0.1, 0.15) is 141 Å². The monoisotopic (exact) mass is 467 g/mol. The fraction of sp³-hybridized carbons (Fsp3) is 0.719. The molecule has 0 aliphatic carbocycles. The van der Waals surface area contributed by atoms with Crippen LogP contribution in [0.3, 0.4) is 0 Å². The lowest BCUT2D eigenvalue weighted by Crippen LogP contribution is -2.40. The van der Waals surface area contributed by atoms with Crippen LogP contribution in [-0.4, -0.2) is 4.98 Å². The predicted octanol–water partition coefficient (Wildman–Crippen LogP) is 9.76. The molecule has 1 aromatic heterocycles. The summed E-state index contributed by atoms with van der Waals surface area (Å²) in [5, 5.41) is 0. The second-order valence-electron chi connectivity index (χ2n) is 10.7. The first-order valence-corrected chi connectivity index (χ1v) is 14.9. The van der Waals surface area contributed by atoms with E-state index in [0.29, 0.717) is 12.0 Å². The third-order valence-electron chi connectivity index (χ3n) is 7.74. The van der Waals surface area contributed by atoms with Crippen molar-refractivity contribution in [3.05, 3.63) is 54.6 Å². The molecule has 2 atom stereocenters. The molecule has 1 aromatic carbocycles. The minimum absolute atomic E-state index is 0.535. The molecule has 1 heterocycles. The second-order valence-corrected chi connectivity index (χ2v) is 10.7. The summed E-state index contributed by atoms with van der Waals surface area (Å²) in [7, 11) is 0. The fourth-order valence-electron chi connectivity index (χ4n) is 5.36. The van der Waals surface area contributed by atoms with Gasteiger partial charge in [0.2, 0.25) is 6.33 Å². The van der Waals surface area contributed by atoms with E-state index < -0.39 is 0 Å². The lowest BCUT2D eigenvalue weighted by Gasteiger charge is -2.22. The SMILES string of the molecule is CCCCCCCCCCCCCCCCCCCC(Cc1ccccc1)C(C)[n+]1cc[nH]c1. The van der Waals surface area contributed by atoms with Crippen molar-refractivity contribution in [2.45, 2.75) is 142 Å². The van der Waals surface area contributed by atoms with Crippen LogP contribution in [0.4, 0.5) is 0 Å². The largest absolute Gasteiger partial charge is 0.250 e. The number of hydrogen-bond donors (Lipinski definition) is 1. The number of hydrogen-bond acceptors (Lipinski definition) is 0. The highest BCUT2D eigenvalue weighted by Crippen LogP contribution is 2.24. The average Bonchev–Trinajstić information content (AvgIpc) is 3.40. The van der Waals surface area contributed by atoms with Crippen molar-refractivity contribution in [1.82, 2.24) is 4.98 Å². The molecule has 0 saturated heterocycles.